The number of carbonyl (C=O) groups is 1. The molecule has 0 bridgehead atoms. The van der Waals surface area contributed by atoms with Gasteiger partial charge in [-0.3, -0.25) is 4.79 Å². The minimum absolute atomic E-state index is 0.409. The van der Waals surface area contributed by atoms with E-state index in [0.717, 1.165) is 23.8 Å². The second-order valence-corrected chi connectivity index (χ2v) is 7.89. The van der Waals surface area contributed by atoms with Crippen molar-refractivity contribution in [3.8, 4) is 0 Å². The van der Waals surface area contributed by atoms with Gasteiger partial charge in [0.25, 0.3) is 0 Å². The van der Waals surface area contributed by atoms with Gasteiger partial charge >= 0.3 is 6.18 Å². The van der Waals surface area contributed by atoms with E-state index in [1.807, 2.05) is 4.72 Å². The zero-order valence-electron chi connectivity index (χ0n) is 14.0. The zero-order valence-corrected chi connectivity index (χ0v) is 15.6. The first-order valence-electron chi connectivity index (χ1n) is 7.71. The Labute approximate surface area is 159 Å². The molecule has 2 aromatic carbocycles. The third-order valence-electron chi connectivity index (χ3n) is 3.64. The molecule has 2 rings (SSSR count). The van der Waals surface area contributed by atoms with Crippen LogP contribution in [0.1, 0.15) is 24.1 Å². The van der Waals surface area contributed by atoms with Crippen LogP contribution in [0.5, 0.6) is 0 Å². The molecule has 1 amide bonds. The number of amides is 1. The van der Waals surface area contributed by atoms with Crippen molar-refractivity contribution in [1.82, 2.24) is 10.0 Å². The molecular weight excluding hydrogens is 405 g/mol. The highest BCUT2D eigenvalue weighted by Gasteiger charge is 2.31. The van der Waals surface area contributed by atoms with Crippen molar-refractivity contribution in [3.05, 3.63) is 64.7 Å². The second-order valence-electron chi connectivity index (χ2n) is 5.69. The molecule has 1 unspecified atom stereocenters. The first-order chi connectivity index (χ1) is 12.5. The van der Waals surface area contributed by atoms with Crippen molar-refractivity contribution >= 4 is 27.5 Å². The summed E-state index contributed by atoms with van der Waals surface area (Å²) in [5.74, 6) is -0.631. The predicted molar refractivity (Wildman–Crippen MR) is 94.6 cm³/mol. The van der Waals surface area contributed by atoms with E-state index in [9.17, 15) is 26.4 Å². The largest absolute Gasteiger partial charge is 0.416 e. The van der Waals surface area contributed by atoms with Crippen LogP contribution >= 0.6 is 11.6 Å². The molecule has 146 valence electrons. The lowest BCUT2D eigenvalue weighted by atomic mass is 10.1. The number of hydrogen-bond donors (Lipinski definition) is 2. The van der Waals surface area contributed by atoms with Crippen molar-refractivity contribution in [1.29, 1.82) is 0 Å². The van der Waals surface area contributed by atoms with Crippen molar-refractivity contribution < 1.29 is 26.4 Å². The monoisotopic (exact) mass is 420 g/mol. The van der Waals surface area contributed by atoms with Crippen LogP contribution in [-0.2, 0) is 21.0 Å². The Morgan fingerprint density at radius 3 is 2.37 bits per heavy atom. The normalized spacial score (nSPS) is 13.2. The summed E-state index contributed by atoms with van der Waals surface area (Å²) in [4.78, 5) is 11.4. The standard InChI is InChI=1S/C17H16ClF3N2O3S/c1-11(12-5-7-14(18)8-6-12)23-16(24)10-22-27(25,26)15-4-2-3-13(9-15)17(19,20)21/h2-9,11,22H,10H2,1H3,(H,23,24). The van der Waals surface area contributed by atoms with Crippen molar-refractivity contribution in [2.45, 2.75) is 24.0 Å². The van der Waals surface area contributed by atoms with Crippen LogP contribution in [0, 0.1) is 0 Å². The molecule has 0 aliphatic heterocycles. The second kappa shape index (κ2) is 8.28. The van der Waals surface area contributed by atoms with Crippen LogP contribution < -0.4 is 10.0 Å². The van der Waals surface area contributed by atoms with Gasteiger partial charge in [-0.15, -0.1) is 0 Å². The van der Waals surface area contributed by atoms with Gasteiger partial charge < -0.3 is 5.32 Å². The summed E-state index contributed by atoms with van der Waals surface area (Å²) in [5.41, 5.74) is -0.334. The molecule has 2 aromatic rings. The van der Waals surface area contributed by atoms with E-state index >= 15 is 0 Å². The molecule has 0 aliphatic rings. The predicted octanol–water partition coefficient (Wildman–Crippen LogP) is 3.51. The number of hydrogen-bond acceptors (Lipinski definition) is 3. The molecule has 0 spiro atoms. The number of carbonyl (C=O) groups excluding carboxylic acids is 1. The van der Waals surface area contributed by atoms with Crippen LogP contribution in [0.2, 0.25) is 5.02 Å². The van der Waals surface area contributed by atoms with E-state index in [2.05, 4.69) is 5.32 Å². The van der Waals surface area contributed by atoms with Crippen LogP contribution in [0.3, 0.4) is 0 Å². The highest BCUT2D eigenvalue weighted by molar-refractivity contribution is 7.89. The maximum absolute atomic E-state index is 12.7. The molecule has 0 radical (unpaired) electrons. The van der Waals surface area contributed by atoms with Crippen LogP contribution in [0.4, 0.5) is 13.2 Å². The van der Waals surface area contributed by atoms with Crippen LogP contribution in [0.15, 0.2) is 53.4 Å². The van der Waals surface area contributed by atoms with Gasteiger partial charge in [0.15, 0.2) is 0 Å². The summed E-state index contributed by atoms with van der Waals surface area (Å²) in [6, 6.07) is 9.58. The average Bonchev–Trinajstić information content (AvgIpc) is 2.60. The quantitative estimate of drug-likeness (QED) is 0.750. The van der Waals surface area contributed by atoms with Crippen molar-refractivity contribution in [3.63, 3.8) is 0 Å². The van der Waals surface area contributed by atoms with E-state index in [0.29, 0.717) is 11.1 Å². The Balaban J connectivity index is 2.00. The molecule has 1 atom stereocenters. The van der Waals surface area contributed by atoms with Gasteiger partial charge in [0, 0.05) is 5.02 Å². The van der Waals surface area contributed by atoms with E-state index in [1.54, 1.807) is 31.2 Å². The number of sulfonamides is 1. The number of nitrogens with one attached hydrogen (secondary N) is 2. The molecule has 0 fully saturated rings. The van der Waals surface area contributed by atoms with Crippen LogP contribution in [0.25, 0.3) is 0 Å². The fraction of sp³-hybridized carbons (Fsp3) is 0.235. The van der Waals surface area contributed by atoms with Gasteiger partial charge in [0.2, 0.25) is 15.9 Å². The molecule has 0 heterocycles. The van der Waals surface area contributed by atoms with Crippen molar-refractivity contribution in [2.24, 2.45) is 0 Å². The molecule has 0 aromatic heterocycles. The minimum atomic E-state index is -4.67. The molecule has 2 N–H and O–H groups in total. The summed E-state index contributed by atoms with van der Waals surface area (Å²) < 4.78 is 64.4. The lowest BCUT2D eigenvalue weighted by Gasteiger charge is -2.15. The van der Waals surface area contributed by atoms with Crippen LogP contribution in [-0.4, -0.2) is 20.9 Å². The summed E-state index contributed by atoms with van der Waals surface area (Å²) in [6.45, 7) is 1.08. The molecule has 0 saturated heterocycles. The molecule has 10 heteroatoms. The Morgan fingerprint density at radius 2 is 1.78 bits per heavy atom. The third kappa shape index (κ3) is 5.95. The Hall–Kier alpha value is -2.10. The van der Waals surface area contributed by atoms with E-state index in [4.69, 9.17) is 11.6 Å². The number of alkyl halides is 3. The maximum Gasteiger partial charge on any atom is 0.416 e. The van der Waals surface area contributed by atoms with Gasteiger partial charge in [-0.05, 0) is 42.8 Å². The Kier molecular flexibility index (Phi) is 6.50. The zero-order chi connectivity index (χ0) is 20.2. The highest BCUT2D eigenvalue weighted by Crippen LogP contribution is 2.30. The molecule has 5 nitrogen and oxygen atoms in total. The summed E-state index contributed by atoms with van der Waals surface area (Å²) >= 11 is 5.79. The minimum Gasteiger partial charge on any atom is -0.348 e. The smallest absolute Gasteiger partial charge is 0.348 e. The van der Waals surface area contributed by atoms with Gasteiger partial charge in [-0.2, -0.15) is 13.2 Å². The third-order valence-corrected chi connectivity index (χ3v) is 5.29. The lowest BCUT2D eigenvalue weighted by Crippen LogP contribution is -2.38. The average molecular weight is 421 g/mol. The SMILES string of the molecule is CC(NC(=O)CNS(=O)(=O)c1cccc(C(F)(F)F)c1)c1ccc(Cl)cc1. The fourth-order valence-corrected chi connectivity index (χ4v) is 3.36. The number of halogens is 4. The highest BCUT2D eigenvalue weighted by atomic mass is 35.5. The number of benzene rings is 2. The summed E-state index contributed by atoms with van der Waals surface area (Å²) in [5, 5.41) is 3.12. The first-order valence-corrected chi connectivity index (χ1v) is 9.57. The van der Waals surface area contributed by atoms with Gasteiger partial charge in [0.05, 0.1) is 23.0 Å². The molecular formula is C17H16ClF3N2O3S. The fourth-order valence-electron chi connectivity index (χ4n) is 2.21. The van der Waals surface area contributed by atoms with Crippen molar-refractivity contribution in [2.75, 3.05) is 6.54 Å². The van der Waals surface area contributed by atoms with Gasteiger partial charge in [0.1, 0.15) is 0 Å². The number of rotatable bonds is 6. The Bertz CT molecular complexity index is 916. The van der Waals surface area contributed by atoms with E-state index in [-0.39, 0.29) is 0 Å². The van der Waals surface area contributed by atoms with Gasteiger partial charge in [-0.1, -0.05) is 29.8 Å². The topological polar surface area (TPSA) is 75.3 Å². The van der Waals surface area contributed by atoms with E-state index in [1.165, 1.54) is 0 Å². The molecule has 0 aliphatic carbocycles. The maximum atomic E-state index is 12.7. The molecule has 27 heavy (non-hydrogen) atoms. The Morgan fingerprint density at radius 1 is 1.15 bits per heavy atom. The first kappa shape index (κ1) is 21.2. The summed E-state index contributed by atoms with van der Waals surface area (Å²) in [7, 11) is -4.27. The van der Waals surface area contributed by atoms with Gasteiger partial charge in [-0.25, -0.2) is 13.1 Å². The van der Waals surface area contributed by atoms with E-state index < -0.39 is 45.2 Å². The molecule has 0 saturated carbocycles. The lowest BCUT2D eigenvalue weighted by molar-refractivity contribution is -0.137. The summed E-state index contributed by atoms with van der Waals surface area (Å²) in [6.07, 6.45) is -4.67.